The summed E-state index contributed by atoms with van der Waals surface area (Å²) in [7, 11) is 0. The van der Waals surface area contributed by atoms with Crippen LogP contribution in [-0.2, 0) is 0 Å². The molecule has 0 aromatic heterocycles. The predicted octanol–water partition coefficient (Wildman–Crippen LogP) is 0.347. The van der Waals surface area contributed by atoms with Crippen LogP contribution in [0.2, 0.25) is 0 Å². The Morgan fingerprint density at radius 2 is 2.55 bits per heavy atom. The molecule has 0 bridgehead atoms. The molecule has 64 valence electrons. The Bertz CT molecular complexity index is 149. The number of aliphatic hydroxyl groups is 1. The van der Waals surface area contributed by atoms with Gasteiger partial charge in [0.25, 0.3) is 0 Å². The molecule has 2 atom stereocenters. The Labute approximate surface area is 72.5 Å². The highest BCUT2D eigenvalue weighted by atomic mass is 32.1. The highest BCUT2D eigenvalue weighted by Crippen LogP contribution is 2.09. The third kappa shape index (κ3) is 2.63. The molecule has 1 rings (SSSR count). The molecule has 0 aromatic rings. The summed E-state index contributed by atoms with van der Waals surface area (Å²) < 4.78 is 0. The second-order valence-electron chi connectivity index (χ2n) is 2.76. The highest BCUT2D eigenvalue weighted by molar-refractivity contribution is 7.80. The van der Waals surface area contributed by atoms with Gasteiger partial charge in [0.1, 0.15) is 6.23 Å². The van der Waals surface area contributed by atoms with Crippen LogP contribution in [0, 0.1) is 0 Å². The number of hydrogen-bond acceptors (Lipinski definition) is 4. The van der Waals surface area contributed by atoms with Gasteiger partial charge < -0.3 is 15.3 Å². The van der Waals surface area contributed by atoms with E-state index in [9.17, 15) is 5.11 Å². The van der Waals surface area contributed by atoms with Crippen molar-refractivity contribution in [3.05, 3.63) is 12.4 Å². The monoisotopic (exact) mass is 174 g/mol. The Morgan fingerprint density at radius 3 is 3.00 bits per heavy atom. The smallest absolute Gasteiger partial charge is 0.128 e. The van der Waals surface area contributed by atoms with Crippen molar-refractivity contribution in [2.24, 2.45) is 0 Å². The summed E-state index contributed by atoms with van der Waals surface area (Å²) in [5.74, 6) is 0. The van der Waals surface area contributed by atoms with E-state index in [0.29, 0.717) is 13.1 Å². The van der Waals surface area contributed by atoms with Crippen molar-refractivity contribution in [2.75, 3.05) is 6.67 Å². The lowest BCUT2D eigenvalue weighted by Gasteiger charge is -2.23. The van der Waals surface area contributed by atoms with Crippen molar-refractivity contribution >= 4 is 12.6 Å². The average Bonchev–Trinajstić information content (AvgIpc) is 2.35. The number of nitrogens with one attached hydrogen (secondary N) is 1. The molecule has 0 amide bonds. The molecular formula is C7H14N2OS. The lowest BCUT2D eigenvalue weighted by molar-refractivity contribution is 0.0352. The minimum Gasteiger partial charge on any atom is -0.374 e. The first-order chi connectivity index (χ1) is 5.20. The second-order valence-corrected chi connectivity index (χ2v) is 3.64. The van der Waals surface area contributed by atoms with Gasteiger partial charge in [-0.3, -0.25) is 0 Å². The molecule has 2 N–H and O–H groups in total. The van der Waals surface area contributed by atoms with Gasteiger partial charge in [-0.15, -0.1) is 0 Å². The summed E-state index contributed by atoms with van der Waals surface area (Å²) in [6.07, 6.45) is 3.95. The maximum Gasteiger partial charge on any atom is 0.128 e. The normalized spacial score (nSPS) is 21.5. The maximum atomic E-state index is 9.51. The van der Waals surface area contributed by atoms with E-state index >= 15 is 0 Å². The fourth-order valence-corrected chi connectivity index (χ4v) is 1.19. The Balaban J connectivity index is 2.28. The topological polar surface area (TPSA) is 35.5 Å². The van der Waals surface area contributed by atoms with Crippen molar-refractivity contribution in [2.45, 2.75) is 24.8 Å². The molecule has 0 aliphatic carbocycles. The van der Waals surface area contributed by atoms with Crippen LogP contribution < -0.4 is 5.32 Å². The van der Waals surface area contributed by atoms with Gasteiger partial charge in [0.15, 0.2) is 0 Å². The van der Waals surface area contributed by atoms with E-state index in [1.54, 1.807) is 0 Å². The van der Waals surface area contributed by atoms with Gasteiger partial charge in [0.2, 0.25) is 0 Å². The fourth-order valence-electron chi connectivity index (χ4n) is 1.00. The van der Waals surface area contributed by atoms with Crippen molar-refractivity contribution in [1.82, 2.24) is 10.2 Å². The SMILES string of the molecule is CC(S)CC(O)N1C=CNC1. The molecule has 0 spiro atoms. The van der Waals surface area contributed by atoms with Gasteiger partial charge in [-0.2, -0.15) is 12.6 Å². The molecule has 0 saturated heterocycles. The summed E-state index contributed by atoms with van der Waals surface area (Å²) in [6.45, 7) is 2.67. The van der Waals surface area contributed by atoms with Gasteiger partial charge in [0.05, 0.1) is 6.67 Å². The highest BCUT2D eigenvalue weighted by Gasteiger charge is 2.15. The average molecular weight is 174 g/mol. The van der Waals surface area contributed by atoms with E-state index in [2.05, 4.69) is 17.9 Å². The van der Waals surface area contributed by atoms with E-state index in [1.165, 1.54) is 0 Å². The standard InChI is InChI=1S/C7H14N2OS/c1-6(11)4-7(10)9-3-2-8-5-9/h2-3,6-8,10-11H,4-5H2,1H3. The zero-order chi connectivity index (χ0) is 8.27. The minimum absolute atomic E-state index is 0.235. The van der Waals surface area contributed by atoms with E-state index in [4.69, 9.17) is 0 Å². The predicted molar refractivity (Wildman–Crippen MR) is 48.1 cm³/mol. The number of thiol groups is 1. The van der Waals surface area contributed by atoms with Crippen molar-refractivity contribution in [3.8, 4) is 0 Å². The van der Waals surface area contributed by atoms with Gasteiger partial charge in [-0.25, -0.2) is 0 Å². The van der Waals surface area contributed by atoms with Gasteiger partial charge >= 0.3 is 0 Å². The first-order valence-corrected chi connectivity index (χ1v) is 4.23. The van der Waals surface area contributed by atoms with E-state index in [-0.39, 0.29) is 5.25 Å². The van der Waals surface area contributed by atoms with Crippen molar-refractivity contribution < 1.29 is 5.11 Å². The number of hydrogen-bond donors (Lipinski definition) is 3. The summed E-state index contributed by atoms with van der Waals surface area (Å²) in [5, 5.41) is 12.7. The van der Waals surface area contributed by atoms with Crippen LogP contribution in [0.1, 0.15) is 13.3 Å². The number of aliphatic hydroxyl groups excluding tert-OH is 1. The van der Waals surface area contributed by atoms with E-state index in [0.717, 1.165) is 0 Å². The van der Waals surface area contributed by atoms with Crippen LogP contribution in [0.25, 0.3) is 0 Å². The van der Waals surface area contributed by atoms with Crippen LogP contribution in [0.4, 0.5) is 0 Å². The van der Waals surface area contributed by atoms with Gasteiger partial charge in [-0.05, 0) is 0 Å². The largest absolute Gasteiger partial charge is 0.374 e. The van der Waals surface area contributed by atoms with Crippen molar-refractivity contribution in [1.29, 1.82) is 0 Å². The molecule has 0 aromatic carbocycles. The first-order valence-electron chi connectivity index (χ1n) is 3.72. The summed E-state index contributed by atoms with van der Waals surface area (Å²) in [6, 6.07) is 0. The van der Waals surface area contributed by atoms with E-state index in [1.807, 2.05) is 24.2 Å². The van der Waals surface area contributed by atoms with Crippen LogP contribution in [0.3, 0.4) is 0 Å². The zero-order valence-corrected chi connectivity index (χ0v) is 7.46. The molecule has 3 nitrogen and oxygen atoms in total. The Kier molecular flexibility index (Phi) is 3.08. The molecular weight excluding hydrogens is 160 g/mol. The summed E-state index contributed by atoms with van der Waals surface area (Å²) in [5.41, 5.74) is 0. The summed E-state index contributed by atoms with van der Waals surface area (Å²) in [4.78, 5) is 1.84. The molecule has 11 heavy (non-hydrogen) atoms. The number of rotatable bonds is 3. The maximum absolute atomic E-state index is 9.51. The third-order valence-corrected chi connectivity index (χ3v) is 1.80. The Hall–Kier alpha value is -0.350. The summed E-state index contributed by atoms with van der Waals surface area (Å²) >= 11 is 4.20. The molecule has 2 unspecified atom stereocenters. The van der Waals surface area contributed by atoms with Crippen LogP contribution in [-0.4, -0.2) is 28.2 Å². The second kappa shape index (κ2) is 3.88. The first kappa shape index (κ1) is 8.74. The van der Waals surface area contributed by atoms with Crippen LogP contribution >= 0.6 is 12.6 Å². The van der Waals surface area contributed by atoms with Crippen LogP contribution in [0.5, 0.6) is 0 Å². The number of nitrogens with zero attached hydrogens (tertiary/aromatic N) is 1. The molecule has 1 aliphatic heterocycles. The molecule has 0 fully saturated rings. The van der Waals surface area contributed by atoms with E-state index < -0.39 is 6.23 Å². The Morgan fingerprint density at radius 1 is 1.82 bits per heavy atom. The molecule has 1 heterocycles. The van der Waals surface area contributed by atoms with Gasteiger partial charge in [0, 0.05) is 24.1 Å². The third-order valence-electron chi connectivity index (χ3n) is 1.59. The lowest BCUT2D eigenvalue weighted by Crippen LogP contribution is -2.33. The zero-order valence-electron chi connectivity index (χ0n) is 6.57. The van der Waals surface area contributed by atoms with Crippen LogP contribution in [0.15, 0.2) is 12.4 Å². The molecule has 0 saturated carbocycles. The van der Waals surface area contributed by atoms with Gasteiger partial charge in [-0.1, -0.05) is 6.92 Å². The molecule has 0 radical (unpaired) electrons. The lowest BCUT2D eigenvalue weighted by atomic mass is 10.3. The molecule has 1 aliphatic rings. The quantitative estimate of drug-likeness (QED) is 0.540. The fraction of sp³-hybridized carbons (Fsp3) is 0.714. The molecule has 4 heteroatoms. The minimum atomic E-state index is -0.409. The van der Waals surface area contributed by atoms with Crippen molar-refractivity contribution in [3.63, 3.8) is 0 Å².